The SMILES string of the molecule is CC(COc1ccc(F)cc1F)NC(=O)CCc1ccc(C(=O)O)cc1. The Balaban J connectivity index is 1.75. The lowest BCUT2D eigenvalue weighted by molar-refractivity contribution is -0.121. The smallest absolute Gasteiger partial charge is 0.335 e. The van der Waals surface area contributed by atoms with E-state index in [-0.39, 0.29) is 36.3 Å². The molecule has 0 aliphatic rings. The number of nitrogens with one attached hydrogen (secondary N) is 1. The highest BCUT2D eigenvalue weighted by Gasteiger charge is 2.11. The summed E-state index contributed by atoms with van der Waals surface area (Å²) in [6.07, 6.45) is 0.688. The second-order valence-corrected chi connectivity index (χ2v) is 5.86. The number of carboxylic acid groups (broad SMARTS) is 1. The maximum absolute atomic E-state index is 13.5. The van der Waals surface area contributed by atoms with Gasteiger partial charge in [0, 0.05) is 12.5 Å². The fraction of sp³-hybridized carbons (Fsp3) is 0.263. The van der Waals surface area contributed by atoms with Crippen molar-refractivity contribution in [2.75, 3.05) is 6.61 Å². The first kappa shape index (κ1) is 19.4. The predicted molar refractivity (Wildman–Crippen MR) is 91.2 cm³/mol. The van der Waals surface area contributed by atoms with Crippen LogP contribution in [0.5, 0.6) is 5.75 Å². The quantitative estimate of drug-likeness (QED) is 0.755. The number of ether oxygens (including phenoxy) is 1. The average Bonchev–Trinajstić information content (AvgIpc) is 2.59. The molecular weight excluding hydrogens is 344 g/mol. The van der Waals surface area contributed by atoms with Gasteiger partial charge in [-0.25, -0.2) is 13.6 Å². The molecule has 1 amide bonds. The van der Waals surface area contributed by atoms with Crippen LogP contribution in [0.1, 0.15) is 29.3 Å². The normalized spacial score (nSPS) is 11.7. The van der Waals surface area contributed by atoms with Crippen LogP contribution in [0.15, 0.2) is 42.5 Å². The molecule has 1 unspecified atom stereocenters. The summed E-state index contributed by atoms with van der Waals surface area (Å²) in [5, 5.41) is 11.6. The molecule has 138 valence electrons. The van der Waals surface area contributed by atoms with Crippen LogP contribution in [0.25, 0.3) is 0 Å². The number of amides is 1. The van der Waals surface area contributed by atoms with Gasteiger partial charge in [-0.1, -0.05) is 12.1 Å². The van der Waals surface area contributed by atoms with Gasteiger partial charge in [0.2, 0.25) is 5.91 Å². The van der Waals surface area contributed by atoms with Gasteiger partial charge in [0.1, 0.15) is 12.4 Å². The van der Waals surface area contributed by atoms with Crippen LogP contribution in [0.3, 0.4) is 0 Å². The fourth-order valence-corrected chi connectivity index (χ4v) is 2.27. The number of hydrogen-bond acceptors (Lipinski definition) is 3. The molecule has 0 spiro atoms. The zero-order chi connectivity index (χ0) is 19.1. The van der Waals surface area contributed by atoms with Gasteiger partial charge in [-0.3, -0.25) is 4.79 Å². The van der Waals surface area contributed by atoms with Crippen molar-refractivity contribution in [1.29, 1.82) is 0 Å². The van der Waals surface area contributed by atoms with Crippen molar-refractivity contribution in [3.8, 4) is 5.75 Å². The van der Waals surface area contributed by atoms with E-state index in [0.717, 1.165) is 17.7 Å². The molecule has 0 radical (unpaired) electrons. The lowest BCUT2D eigenvalue weighted by atomic mass is 10.1. The molecule has 0 aliphatic heterocycles. The summed E-state index contributed by atoms with van der Waals surface area (Å²) in [6, 6.07) is 8.97. The van der Waals surface area contributed by atoms with E-state index in [4.69, 9.17) is 9.84 Å². The van der Waals surface area contributed by atoms with Crippen LogP contribution >= 0.6 is 0 Å². The predicted octanol–water partition coefficient (Wildman–Crippen LogP) is 3.18. The number of halogens is 2. The second-order valence-electron chi connectivity index (χ2n) is 5.86. The molecule has 0 aliphatic carbocycles. The van der Waals surface area contributed by atoms with Crippen molar-refractivity contribution < 1.29 is 28.2 Å². The van der Waals surface area contributed by atoms with Crippen molar-refractivity contribution in [2.45, 2.75) is 25.8 Å². The van der Waals surface area contributed by atoms with Crippen LogP contribution < -0.4 is 10.1 Å². The minimum Gasteiger partial charge on any atom is -0.488 e. The molecule has 2 rings (SSSR count). The van der Waals surface area contributed by atoms with Crippen molar-refractivity contribution >= 4 is 11.9 Å². The number of carbonyl (C=O) groups excluding carboxylic acids is 1. The van der Waals surface area contributed by atoms with E-state index in [2.05, 4.69) is 5.32 Å². The topological polar surface area (TPSA) is 75.6 Å². The molecule has 2 N–H and O–H groups in total. The lowest BCUT2D eigenvalue weighted by Crippen LogP contribution is -2.37. The molecule has 0 heterocycles. The van der Waals surface area contributed by atoms with E-state index in [1.54, 1.807) is 19.1 Å². The fourth-order valence-electron chi connectivity index (χ4n) is 2.27. The Hall–Kier alpha value is -2.96. The van der Waals surface area contributed by atoms with Crippen LogP contribution in [0, 0.1) is 11.6 Å². The summed E-state index contributed by atoms with van der Waals surface area (Å²) < 4.78 is 31.5. The molecule has 7 heteroatoms. The van der Waals surface area contributed by atoms with Crippen molar-refractivity contribution in [1.82, 2.24) is 5.32 Å². The number of benzene rings is 2. The van der Waals surface area contributed by atoms with Crippen LogP contribution in [0.2, 0.25) is 0 Å². The van der Waals surface area contributed by atoms with E-state index < -0.39 is 17.6 Å². The zero-order valence-corrected chi connectivity index (χ0v) is 14.2. The number of carbonyl (C=O) groups is 2. The first-order chi connectivity index (χ1) is 12.3. The van der Waals surface area contributed by atoms with Crippen LogP contribution in [-0.2, 0) is 11.2 Å². The second kappa shape index (κ2) is 8.94. The minimum absolute atomic E-state index is 0.0433. The Morgan fingerprint density at radius 2 is 1.85 bits per heavy atom. The third-order valence-corrected chi connectivity index (χ3v) is 3.63. The minimum atomic E-state index is -0.999. The molecule has 26 heavy (non-hydrogen) atoms. The zero-order valence-electron chi connectivity index (χ0n) is 14.2. The molecule has 0 saturated heterocycles. The molecular formula is C19H19F2NO4. The van der Waals surface area contributed by atoms with Gasteiger partial charge in [-0.05, 0) is 43.2 Å². The van der Waals surface area contributed by atoms with Gasteiger partial charge in [0.05, 0.1) is 11.6 Å². The molecule has 2 aromatic rings. The Labute approximate surface area is 149 Å². The van der Waals surface area contributed by atoms with Gasteiger partial charge < -0.3 is 15.2 Å². The highest BCUT2D eigenvalue weighted by molar-refractivity contribution is 5.87. The number of rotatable bonds is 8. The largest absolute Gasteiger partial charge is 0.488 e. The Morgan fingerprint density at radius 1 is 1.15 bits per heavy atom. The van der Waals surface area contributed by atoms with E-state index in [1.165, 1.54) is 18.2 Å². The van der Waals surface area contributed by atoms with E-state index in [1.807, 2.05) is 0 Å². The Morgan fingerprint density at radius 3 is 2.46 bits per heavy atom. The Bertz CT molecular complexity index is 778. The maximum Gasteiger partial charge on any atom is 0.335 e. The maximum atomic E-state index is 13.5. The summed E-state index contributed by atoms with van der Waals surface area (Å²) in [6.45, 7) is 1.75. The standard InChI is InChI=1S/C19H19F2NO4/c1-12(11-26-17-8-7-15(20)10-16(17)21)22-18(23)9-4-13-2-5-14(6-3-13)19(24)25/h2-3,5-8,10,12H,4,9,11H2,1H3,(H,22,23)(H,24,25). The number of carboxylic acids is 1. The van der Waals surface area contributed by atoms with Gasteiger partial charge >= 0.3 is 5.97 Å². The van der Waals surface area contributed by atoms with Gasteiger partial charge in [0.15, 0.2) is 11.6 Å². The highest BCUT2D eigenvalue weighted by atomic mass is 19.1. The summed E-state index contributed by atoms with van der Waals surface area (Å²) in [7, 11) is 0. The lowest BCUT2D eigenvalue weighted by Gasteiger charge is -2.15. The molecule has 0 fully saturated rings. The first-order valence-electron chi connectivity index (χ1n) is 8.04. The number of aromatic carboxylic acids is 1. The molecule has 1 atom stereocenters. The summed E-state index contributed by atoms with van der Waals surface area (Å²) in [4.78, 5) is 22.7. The molecule has 2 aromatic carbocycles. The van der Waals surface area contributed by atoms with Crippen LogP contribution in [0.4, 0.5) is 8.78 Å². The van der Waals surface area contributed by atoms with E-state index >= 15 is 0 Å². The van der Waals surface area contributed by atoms with Crippen LogP contribution in [-0.4, -0.2) is 29.6 Å². The van der Waals surface area contributed by atoms with Gasteiger partial charge in [-0.2, -0.15) is 0 Å². The first-order valence-corrected chi connectivity index (χ1v) is 8.04. The van der Waals surface area contributed by atoms with Gasteiger partial charge in [-0.15, -0.1) is 0 Å². The van der Waals surface area contributed by atoms with Crippen molar-refractivity contribution in [3.63, 3.8) is 0 Å². The number of aryl methyl sites for hydroxylation is 1. The molecule has 0 bridgehead atoms. The number of hydrogen-bond donors (Lipinski definition) is 2. The monoisotopic (exact) mass is 363 g/mol. The molecule has 5 nitrogen and oxygen atoms in total. The Kier molecular flexibility index (Phi) is 6.66. The molecule has 0 saturated carbocycles. The van der Waals surface area contributed by atoms with E-state index in [9.17, 15) is 18.4 Å². The third-order valence-electron chi connectivity index (χ3n) is 3.63. The van der Waals surface area contributed by atoms with Crippen molar-refractivity contribution in [2.24, 2.45) is 0 Å². The molecule has 0 aromatic heterocycles. The summed E-state index contributed by atoms with van der Waals surface area (Å²) in [5.41, 5.74) is 1.04. The average molecular weight is 363 g/mol. The van der Waals surface area contributed by atoms with Crippen molar-refractivity contribution in [3.05, 3.63) is 65.2 Å². The summed E-state index contributed by atoms with van der Waals surface area (Å²) in [5.74, 6) is -2.77. The summed E-state index contributed by atoms with van der Waals surface area (Å²) >= 11 is 0. The van der Waals surface area contributed by atoms with E-state index in [0.29, 0.717) is 6.42 Å². The highest BCUT2D eigenvalue weighted by Crippen LogP contribution is 2.17. The third kappa shape index (κ3) is 5.84. The van der Waals surface area contributed by atoms with Gasteiger partial charge in [0.25, 0.3) is 0 Å².